The zero-order valence-corrected chi connectivity index (χ0v) is 47.0. The summed E-state index contributed by atoms with van der Waals surface area (Å²) < 4.78 is 1.93. The first-order valence-electron chi connectivity index (χ1n) is 14.5. The van der Waals surface area contributed by atoms with Crippen molar-refractivity contribution < 1.29 is 48.6 Å². The van der Waals surface area contributed by atoms with Crippen LogP contribution in [0.3, 0.4) is 0 Å². The normalized spacial score (nSPS) is 10.6. The van der Waals surface area contributed by atoms with Gasteiger partial charge in [0, 0.05) is 24.8 Å². The largest absolute Gasteiger partial charge is 0.478 e. The van der Waals surface area contributed by atoms with Gasteiger partial charge >= 0.3 is 11.9 Å². The van der Waals surface area contributed by atoms with E-state index in [-0.39, 0.29) is 82.6 Å². The second-order valence-electron chi connectivity index (χ2n) is 10.5. The smallest absolute Gasteiger partial charge is 0.337 e. The number of nitrogens with one attached hydrogen (secondary N) is 6. The van der Waals surface area contributed by atoms with Crippen molar-refractivity contribution >= 4 is 268 Å². The highest BCUT2D eigenvalue weighted by Gasteiger charge is 2.31. The fraction of sp³-hybridized carbons (Fsp3) is 0.133. The molecule has 0 heterocycles. The molecule has 0 atom stereocenters. The highest BCUT2D eigenvalue weighted by molar-refractivity contribution is 14.1. The van der Waals surface area contributed by atoms with Crippen LogP contribution in [0.1, 0.15) is 62.1 Å². The molecule has 0 radical (unpaired) electrons. The molecule has 0 aliphatic rings. The van der Waals surface area contributed by atoms with Gasteiger partial charge in [-0.1, -0.05) is 0 Å². The highest BCUT2D eigenvalue weighted by atomic mass is 127. The molecule has 26 heteroatoms. The van der Waals surface area contributed by atoms with E-state index in [1.165, 1.54) is 14.1 Å². The van der Waals surface area contributed by atoms with Gasteiger partial charge in [0.25, 0.3) is 23.6 Å². The molecule has 0 aromatic heterocycles. The van der Waals surface area contributed by atoms with Crippen molar-refractivity contribution in [3.05, 3.63) is 65.5 Å². The van der Waals surface area contributed by atoms with E-state index in [0.717, 1.165) is 0 Å². The van der Waals surface area contributed by atoms with Gasteiger partial charge in [0.2, 0.25) is 11.8 Å². The lowest BCUT2D eigenvalue weighted by Crippen LogP contribution is -2.36. The molecule has 0 fully saturated rings. The van der Waals surface area contributed by atoms with Crippen LogP contribution in [0.5, 0.6) is 0 Å². The van der Waals surface area contributed by atoms with Gasteiger partial charge in [-0.25, -0.2) is 9.59 Å². The number of nitrogens with two attached hydrogens (primary N) is 1. The van der Waals surface area contributed by atoms with Crippen LogP contribution >= 0.6 is 203 Å². The summed E-state index contributed by atoms with van der Waals surface area (Å²) in [7, 11) is 2.76. The first kappa shape index (κ1) is 50.1. The standard InChI is InChI=1S/C30H20I9N7O10/c1-41-25(49)9-14(32)11(29(53)54)20(38)23(18(9)36)45-5(47)3-43-27(51)7-13(31)8(17(35)22(40)16(7)34)28(52)44-4-6(48)46-24-19(37)10(26(50)42-2)15(33)12(21(24)39)30(55)56/h3-4,40H2,1-2H3,(H,41,49)(H,42,50)(H,43,51)(H,44,52)(H,45,47)(H,46,48)(H,53,54)(H,55,56). The topological polar surface area (TPSA) is 275 Å². The predicted octanol–water partition coefficient (Wildman–Crippen LogP) is 5.56. The zero-order chi connectivity index (χ0) is 42.7. The van der Waals surface area contributed by atoms with Crippen molar-refractivity contribution in [1.82, 2.24) is 21.3 Å². The van der Waals surface area contributed by atoms with E-state index in [4.69, 9.17) is 5.73 Å². The van der Waals surface area contributed by atoms with Gasteiger partial charge in [-0.15, -0.1) is 0 Å². The number of halogens is 9. The average molecular weight is 1780 g/mol. The summed E-state index contributed by atoms with van der Waals surface area (Å²) in [6.07, 6.45) is 0. The summed E-state index contributed by atoms with van der Waals surface area (Å²) in [6, 6.07) is 0. The Morgan fingerprint density at radius 3 is 1.00 bits per heavy atom. The molecule has 3 rings (SSSR count). The molecule has 10 N–H and O–H groups in total. The Bertz CT molecular complexity index is 2140. The van der Waals surface area contributed by atoms with Gasteiger partial charge in [-0.2, -0.15) is 0 Å². The van der Waals surface area contributed by atoms with Crippen molar-refractivity contribution in [3.63, 3.8) is 0 Å². The van der Waals surface area contributed by atoms with Crippen LogP contribution in [0.2, 0.25) is 0 Å². The van der Waals surface area contributed by atoms with Gasteiger partial charge in [0.05, 0.1) is 85.0 Å². The Morgan fingerprint density at radius 2 is 0.714 bits per heavy atom. The molecule has 0 aliphatic heterocycles. The first-order valence-corrected chi connectivity index (χ1v) is 24.2. The van der Waals surface area contributed by atoms with Crippen molar-refractivity contribution in [1.29, 1.82) is 0 Å². The summed E-state index contributed by atoms with van der Waals surface area (Å²) in [5.41, 5.74) is 6.17. The molecule has 0 saturated heterocycles. The van der Waals surface area contributed by atoms with Gasteiger partial charge < -0.3 is 47.8 Å². The third kappa shape index (κ3) is 10.8. The number of hydrogen-bond donors (Lipinski definition) is 9. The van der Waals surface area contributed by atoms with E-state index in [1.54, 1.807) is 113 Å². The molecule has 3 aromatic carbocycles. The summed E-state index contributed by atoms with van der Waals surface area (Å²) in [5, 5.41) is 34.7. The average Bonchev–Trinajstić information content (AvgIpc) is 3.11. The Labute approximate surface area is 439 Å². The van der Waals surface area contributed by atoms with Crippen LogP contribution in [-0.2, 0) is 9.59 Å². The van der Waals surface area contributed by atoms with Gasteiger partial charge in [0.15, 0.2) is 0 Å². The Balaban J connectivity index is 1.87. The molecular weight excluding hydrogens is 1760 g/mol. The second kappa shape index (κ2) is 21.5. The monoisotopic (exact) mass is 1780 g/mol. The van der Waals surface area contributed by atoms with Crippen LogP contribution in [-0.4, -0.2) is 84.8 Å². The number of nitrogen functional groups attached to an aromatic ring is 1. The van der Waals surface area contributed by atoms with E-state index in [9.17, 15) is 48.6 Å². The maximum absolute atomic E-state index is 13.6. The van der Waals surface area contributed by atoms with Gasteiger partial charge in [-0.05, 0) is 203 Å². The number of carboxylic acids is 2. The zero-order valence-electron chi connectivity index (χ0n) is 27.6. The molecule has 0 unspecified atom stereocenters. The number of amides is 6. The number of carbonyl (C=O) groups is 8. The summed E-state index contributed by atoms with van der Waals surface area (Å²) in [4.78, 5) is 103. The number of anilines is 3. The molecule has 0 saturated carbocycles. The van der Waals surface area contributed by atoms with Crippen LogP contribution in [0, 0.1) is 32.1 Å². The van der Waals surface area contributed by atoms with E-state index in [1.807, 2.05) is 90.4 Å². The lowest BCUT2D eigenvalue weighted by Gasteiger charge is -2.19. The number of hydrogen-bond acceptors (Lipinski definition) is 9. The minimum atomic E-state index is -1.31. The van der Waals surface area contributed by atoms with E-state index in [2.05, 4.69) is 31.9 Å². The third-order valence-corrected chi connectivity index (χ3v) is 16.9. The maximum Gasteiger partial charge on any atom is 0.337 e. The Kier molecular flexibility index (Phi) is 19.3. The predicted molar refractivity (Wildman–Crippen MR) is 281 cm³/mol. The number of benzene rings is 3. The fourth-order valence-corrected chi connectivity index (χ4v) is 17.4. The SMILES string of the molecule is CNC(=O)c1c(I)c(NC(=O)CNC(=O)c2c(I)c(N)c(I)c(C(=O)NCC(=O)Nc3c(I)c(C(=O)O)c(I)c(C(=O)NC)c3I)c2I)c(I)c(C(=O)O)c1I. The third-order valence-electron chi connectivity index (χ3n) is 7.12. The Hall–Kier alpha value is -0.210. The van der Waals surface area contributed by atoms with E-state index in [0.29, 0.717) is 0 Å². The number of carboxylic acid groups (broad SMARTS) is 2. The minimum absolute atomic E-state index is 0.0362. The summed E-state index contributed by atoms with van der Waals surface area (Å²) in [5.74, 6) is -6.82. The lowest BCUT2D eigenvalue weighted by atomic mass is 10.1. The molecule has 0 bridgehead atoms. The molecule has 17 nitrogen and oxygen atoms in total. The van der Waals surface area contributed by atoms with Crippen LogP contribution in [0.15, 0.2) is 0 Å². The molecule has 3 aromatic rings. The molecule has 56 heavy (non-hydrogen) atoms. The van der Waals surface area contributed by atoms with Crippen molar-refractivity contribution in [2.24, 2.45) is 0 Å². The lowest BCUT2D eigenvalue weighted by molar-refractivity contribution is -0.116. The van der Waals surface area contributed by atoms with Crippen molar-refractivity contribution in [3.8, 4) is 0 Å². The van der Waals surface area contributed by atoms with Gasteiger partial charge in [-0.3, -0.25) is 28.8 Å². The molecule has 6 amide bonds. The number of carbonyl (C=O) groups excluding carboxylic acids is 6. The molecule has 0 aliphatic carbocycles. The van der Waals surface area contributed by atoms with Crippen LogP contribution in [0.4, 0.5) is 17.1 Å². The molecule has 298 valence electrons. The Morgan fingerprint density at radius 1 is 0.446 bits per heavy atom. The maximum atomic E-state index is 13.6. The summed E-state index contributed by atoms with van der Waals surface area (Å²) in [6.45, 7) is -1.20. The summed E-state index contributed by atoms with van der Waals surface area (Å²) >= 11 is 16.1. The number of rotatable bonds is 12. The second-order valence-corrected chi connectivity index (χ2v) is 20.2. The quantitative estimate of drug-likeness (QED) is 0.0800. The van der Waals surface area contributed by atoms with Crippen LogP contribution < -0.4 is 37.6 Å². The highest BCUT2D eigenvalue weighted by Crippen LogP contribution is 2.38. The molecule has 0 spiro atoms. The van der Waals surface area contributed by atoms with Crippen molar-refractivity contribution in [2.45, 2.75) is 0 Å². The number of aromatic carboxylic acids is 2. The van der Waals surface area contributed by atoms with E-state index < -0.39 is 60.5 Å². The minimum Gasteiger partial charge on any atom is -0.478 e. The van der Waals surface area contributed by atoms with Crippen LogP contribution in [0.25, 0.3) is 0 Å². The fourth-order valence-electron chi connectivity index (χ4n) is 4.52. The molecular formula is C30H20I9N7O10. The van der Waals surface area contributed by atoms with E-state index >= 15 is 0 Å². The first-order chi connectivity index (χ1) is 26.0. The van der Waals surface area contributed by atoms with Crippen molar-refractivity contribution in [2.75, 3.05) is 43.6 Å². The van der Waals surface area contributed by atoms with Gasteiger partial charge in [0.1, 0.15) is 0 Å².